The number of rotatable bonds is 8. The molecule has 0 spiro atoms. The lowest BCUT2D eigenvalue weighted by Crippen LogP contribution is -2.33. The van der Waals surface area contributed by atoms with E-state index in [0.29, 0.717) is 22.4 Å². The smallest absolute Gasteiger partial charge is 0.242 e. The molecule has 7 nitrogen and oxygen atoms in total. The topological polar surface area (TPSA) is 80.2 Å². The van der Waals surface area contributed by atoms with Gasteiger partial charge in [-0.3, -0.25) is 14.5 Å². The van der Waals surface area contributed by atoms with E-state index < -0.39 is 11.1 Å². The van der Waals surface area contributed by atoms with Crippen LogP contribution in [0.2, 0.25) is 0 Å². The summed E-state index contributed by atoms with van der Waals surface area (Å²) in [5, 5.41) is 2.44. The van der Waals surface area contributed by atoms with E-state index in [1.54, 1.807) is 61.7 Å². The molecule has 1 heterocycles. The van der Waals surface area contributed by atoms with Gasteiger partial charge in [0, 0.05) is 6.42 Å². The molecule has 4 rings (SSSR count). The number of ether oxygens (including phenoxy) is 2. The number of aliphatic imine (C=N–C) groups is 1. The average Bonchev–Trinajstić information content (AvgIpc) is 3.15. The van der Waals surface area contributed by atoms with Crippen molar-refractivity contribution in [2.45, 2.75) is 18.2 Å². The summed E-state index contributed by atoms with van der Waals surface area (Å²) in [6, 6.07) is 20.4. The van der Waals surface area contributed by atoms with Gasteiger partial charge in [0.15, 0.2) is 5.17 Å². The van der Waals surface area contributed by atoms with E-state index in [1.165, 1.54) is 18.1 Å². The minimum absolute atomic E-state index is 0.0725. The fourth-order valence-corrected chi connectivity index (χ4v) is 4.70. The van der Waals surface area contributed by atoms with Gasteiger partial charge in [0.05, 0.1) is 26.5 Å². The summed E-state index contributed by atoms with van der Waals surface area (Å²) in [4.78, 5) is 32.0. The van der Waals surface area contributed by atoms with Crippen LogP contribution >= 0.6 is 11.8 Å². The van der Waals surface area contributed by atoms with Gasteiger partial charge in [-0.1, -0.05) is 48.2 Å². The number of benzene rings is 3. The first-order valence-electron chi connectivity index (χ1n) is 10.9. The van der Waals surface area contributed by atoms with E-state index in [2.05, 4.69) is 10.3 Å². The number of carbonyl (C=O) groups excluding carboxylic acids is 2. The van der Waals surface area contributed by atoms with Gasteiger partial charge in [-0.15, -0.1) is 0 Å². The molecule has 0 bridgehead atoms. The number of anilines is 1. The molecular formula is C26H24FN3O4S. The Hall–Kier alpha value is -3.85. The van der Waals surface area contributed by atoms with Crippen LogP contribution in [-0.2, 0) is 16.1 Å². The van der Waals surface area contributed by atoms with E-state index in [4.69, 9.17) is 9.47 Å². The Morgan fingerprint density at radius 3 is 2.46 bits per heavy atom. The second-order valence-electron chi connectivity index (χ2n) is 7.68. The first-order chi connectivity index (χ1) is 17.0. The fraction of sp³-hybridized carbons (Fsp3) is 0.192. The van der Waals surface area contributed by atoms with Crippen LogP contribution in [0.1, 0.15) is 12.0 Å². The summed E-state index contributed by atoms with van der Waals surface area (Å²) >= 11 is 1.15. The van der Waals surface area contributed by atoms with E-state index in [1.807, 2.05) is 12.1 Å². The lowest BCUT2D eigenvalue weighted by Gasteiger charge is -2.17. The zero-order valence-electron chi connectivity index (χ0n) is 19.2. The summed E-state index contributed by atoms with van der Waals surface area (Å²) in [6.07, 6.45) is -0.0725. The largest absolute Gasteiger partial charge is 0.497 e. The summed E-state index contributed by atoms with van der Waals surface area (Å²) < 4.78 is 24.8. The highest BCUT2D eigenvalue weighted by molar-refractivity contribution is 8.15. The molecule has 3 aromatic rings. The molecular weight excluding hydrogens is 469 g/mol. The van der Waals surface area contributed by atoms with Crippen LogP contribution in [0.25, 0.3) is 0 Å². The molecule has 1 saturated heterocycles. The first kappa shape index (κ1) is 24.3. The first-order valence-corrected chi connectivity index (χ1v) is 11.7. The van der Waals surface area contributed by atoms with Crippen LogP contribution in [0.3, 0.4) is 0 Å². The molecule has 180 valence electrons. The number of halogens is 1. The molecule has 9 heteroatoms. The Labute approximate surface area is 207 Å². The average molecular weight is 494 g/mol. The highest BCUT2D eigenvalue weighted by atomic mass is 32.2. The van der Waals surface area contributed by atoms with Crippen LogP contribution in [0.5, 0.6) is 11.5 Å². The third-order valence-electron chi connectivity index (χ3n) is 5.34. The Morgan fingerprint density at radius 1 is 1.03 bits per heavy atom. The van der Waals surface area contributed by atoms with Crippen molar-refractivity contribution >= 4 is 40.1 Å². The molecule has 1 fully saturated rings. The van der Waals surface area contributed by atoms with Crippen molar-refractivity contribution in [3.63, 3.8) is 0 Å². The van der Waals surface area contributed by atoms with Crippen molar-refractivity contribution in [1.82, 2.24) is 4.90 Å². The maximum absolute atomic E-state index is 14.3. The third kappa shape index (κ3) is 5.81. The molecule has 1 aliphatic heterocycles. The predicted octanol–water partition coefficient (Wildman–Crippen LogP) is 5.00. The van der Waals surface area contributed by atoms with Gasteiger partial charge in [-0.05, 0) is 42.0 Å². The third-order valence-corrected chi connectivity index (χ3v) is 6.52. The minimum Gasteiger partial charge on any atom is -0.497 e. The number of hydrogen-bond acceptors (Lipinski definition) is 6. The van der Waals surface area contributed by atoms with E-state index in [-0.39, 0.29) is 30.5 Å². The van der Waals surface area contributed by atoms with Crippen LogP contribution in [0.4, 0.5) is 15.8 Å². The lowest BCUT2D eigenvalue weighted by molar-refractivity contribution is -0.128. The molecule has 1 N–H and O–H groups in total. The van der Waals surface area contributed by atoms with Crippen molar-refractivity contribution in [3.05, 3.63) is 84.2 Å². The van der Waals surface area contributed by atoms with Gasteiger partial charge in [0.25, 0.3) is 0 Å². The summed E-state index contributed by atoms with van der Waals surface area (Å²) in [7, 11) is 3.10. The molecule has 1 atom stereocenters. The molecule has 3 aromatic carbocycles. The van der Waals surface area contributed by atoms with Crippen molar-refractivity contribution in [1.29, 1.82) is 0 Å². The van der Waals surface area contributed by atoms with Gasteiger partial charge < -0.3 is 14.8 Å². The van der Waals surface area contributed by atoms with Crippen molar-refractivity contribution in [3.8, 4) is 11.5 Å². The maximum atomic E-state index is 14.3. The Balaban J connectivity index is 1.56. The van der Waals surface area contributed by atoms with Gasteiger partial charge in [0.2, 0.25) is 11.8 Å². The highest BCUT2D eigenvalue weighted by Crippen LogP contribution is 2.34. The number of nitrogens with one attached hydrogen (secondary N) is 1. The molecule has 0 radical (unpaired) electrons. The normalized spacial score (nSPS) is 16.4. The van der Waals surface area contributed by atoms with Gasteiger partial charge >= 0.3 is 0 Å². The number of nitrogens with zero attached hydrogens (tertiary/aromatic N) is 2. The van der Waals surface area contributed by atoms with Crippen LogP contribution in [0.15, 0.2) is 77.8 Å². The maximum Gasteiger partial charge on any atom is 0.242 e. The van der Waals surface area contributed by atoms with E-state index >= 15 is 0 Å². The number of methoxy groups -OCH3 is 2. The monoisotopic (exact) mass is 493 g/mol. The Kier molecular flexibility index (Phi) is 7.67. The number of thioether (sulfide) groups is 1. The van der Waals surface area contributed by atoms with Gasteiger partial charge in [-0.2, -0.15) is 0 Å². The van der Waals surface area contributed by atoms with Gasteiger partial charge in [0.1, 0.15) is 28.3 Å². The van der Waals surface area contributed by atoms with Gasteiger partial charge in [-0.25, -0.2) is 9.38 Å². The number of para-hydroxylation sites is 3. The molecule has 2 amide bonds. The Bertz CT molecular complexity index is 1250. The molecule has 1 unspecified atom stereocenters. The molecule has 1 aliphatic rings. The van der Waals surface area contributed by atoms with E-state index in [0.717, 1.165) is 17.3 Å². The summed E-state index contributed by atoms with van der Waals surface area (Å²) in [5.74, 6) is 0.124. The number of amides is 2. The second-order valence-corrected chi connectivity index (χ2v) is 8.85. The Morgan fingerprint density at radius 2 is 1.74 bits per heavy atom. The van der Waals surface area contributed by atoms with E-state index in [9.17, 15) is 14.0 Å². The fourth-order valence-electron chi connectivity index (χ4n) is 3.55. The predicted molar refractivity (Wildman–Crippen MR) is 135 cm³/mol. The lowest BCUT2D eigenvalue weighted by atomic mass is 10.2. The summed E-state index contributed by atoms with van der Waals surface area (Å²) in [5.41, 5.74) is 1.49. The second kappa shape index (κ2) is 11.1. The number of hydrogen-bond donors (Lipinski definition) is 1. The van der Waals surface area contributed by atoms with Crippen molar-refractivity contribution < 1.29 is 23.5 Å². The zero-order valence-corrected chi connectivity index (χ0v) is 20.0. The number of amidine groups is 1. The SMILES string of the molecule is COc1ccc(CN2C(=O)C(CC(=O)Nc3ccccc3OC)SC2=Nc2ccccc2F)cc1. The van der Waals surface area contributed by atoms with Crippen LogP contribution < -0.4 is 14.8 Å². The highest BCUT2D eigenvalue weighted by Gasteiger charge is 2.39. The van der Waals surface area contributed by atoms with Crippen molar-refractivity contribution in [2.75, 3.05) is 19.5 Å². The molecule has 0 aromatic heterocycles. The van der Waals surface area contributed by atoms with Crippen LogP contribution in [-0.4, -0.2) is 41.4 Å². The quantitative estimate of drug-likeness (QED) is 0.478. The molecule has 35 heavy (non-hydrogen) atoms. The number of carbonyl (C=O) groups is 2. The van der Waals surface area contributed by atoms with Crippen LogP contribution in [0, 0.1) is 5.82 Å². The van der Waals surface area contributed by atoms with Crippen molar-refractivity contribution in [2.24, 2.45) is 4.99 Å². The minimum atomic E-state index is -0.700. The molecule has 0 aliphatic carbocycles. The zero-order chi connectivity index (χ0) is 24.8. The standard InChI is InChI=1S/C26H24FN3O4S/c1-33-18-13-11-17(12-14-18)16-30-25(32)23(35-26(30)29-20-8-4-3-7-19(20)27)15-24(31)28-21-9-5-6-10-22(21)34-2/h3-14,23H,15-16H2,1-2H3,(H,28,31). The summed E-state index contributed by atoms with van der Waals surface area (Å²) in [6.45, 7) is 0.230. The molecule has 0 saturated carbocycles.